The van der Waals surface area contributed by atoms with E-state index in [1.165, 1.54) is 18.7 Å². The third kappa shape index (κ3) is 3.35. The first-order chi connectivity index (χ1) is 8.25. The Balaban J connectivity index is 1.84. The second kappa shape index (κ2) is 5.53. The molecule has 0 aliphatic carbocycles. The Labute approximate surface area is 102 Å². The summed E-state index contributed by atoms with van der Waals surface area (Å²) in [6, 6.07) is 3.50. The molecule has 1 N–H and O–H groups in total. The Bertz CT molecular complexity index is 481. The molecule has 90 valence electrons. The van der Waals surface area contributed by atoms with E-state index in [1.54, 1.807) is 18.4 Å². The summed E-state index contributed by atoms with van der Waals surface area (Å²) in [5, 5.41) is 10.9. The third-order valence-corrected chi connectivity index (χ3v) is 2.66. The summed E-state index contributed by atoms with van der Waals surface area (Å²) in [4.78, 5) is 10.6. The molecule has 0 fully saturated rings. The van der Waals surface area contributed by atoms with Gasteiger partial charge in [0.25, 0.3) is 11.1 Å². The maximum Gasteiger partial charge on any atom is 0.284 e. The van der Waals surface area contributed by atoms with Gasteiger partial charge in [0.15, 0.2) is 5.76 Å². The van der Waals surface area contributed by atoms with Crippen molar-refractivity contribution in [2.75, 3.05) is 12.3 Å². The van der Waals surface area contributed by atoms with Crippen LogP contribution in [0.25, 0.3) is 11.7 Å². The summed E-state index contributed by atoms with van der Waals surface area (Å²) in [5.41, 5.74) is 0. The van der Waals surface area contributed by atoms with E-state index in [1.807, 2.05) is 0 Å². The minimum Gasteiger partial charge on any atom is -0.459 e. The van der Waals surface area contributed by atoms with Crippen molar-refractivity contribution in [3.63, 3.8) is 0 Å². The molecule has 0 atom stereocenters. The predicted molar refractivity (Wildman–Crippen MR) is 61.4 cm³/mol. The second-order valence-corrected chi connectivity index (χ2v) is 4.23. The molecule has 7 heteroatoms. The second-order valence-electron chi connectivity index (χ2n) is 3.18. The summed E-state index contributed by atoms with van der Waals surface area (Å²) < 4.78 is 10.5. The van der Waals surface area contributed by atoms with Gasteiger partial charge in [-0.05, 0) is 12.1 Å². The quantitative estimate of drug-likeness (QED) is 0.643. The Hall–Kier alpha value is -1.76. The van der Waals surface area contributed by atoms with Crippen molar-refractivity contribution in [3.05, 3.63) is 18.4 Å². The monoisotopic (exact) mass is 253 g/mol. The van der Waals surface area contributed by atoms with E-state index in [2.05, 4.69) is 15.5 Å². The van der Waals surface area contributed by atoms with Crippen molar-refractivity contribution in [1.82, 2.24) is 15.5 Å². The summed E-state index contributed by atoms with van der Waals surface area (Å²) in [6.07, 6.45) is 1.54. The van der Waals surface area contributed by atoms with Crippen LogP contribution in [0.15, 0.2) is 32.5 Å². The number of amides is 1. The number of furan rings is 1. The van der Waals surface area contributed by atoms with Gasteiger partial charge in [-0.2, -0.15) is 0 Å². The zero-order valence-corrected chi connectivity index (χ0v) is 9.99. The van der Waals surface area contributed by atoms with E-state index in [0.717, 1.165) is 0 Å². The van der Waals surface area contributed by atoms with Crippen LogP contribution in [0, 0.1) is 0 Å². The highest BCUT2D eigenvalue weighted by atomic mass is 32.2. The molecule has 2 heterocycles. The van der Waals surface area contributed by atoms with Crippen LogP contribution >= 0.6 is 11.8 Å². The number of nitrogens with one attached hydrogen (secondary N) is 1. The first kappa shape index (κ1) is 11.7. The summed E-state index contributed by atoms with van der Waals surface area (Å²) in [7, 11) is 0. The third-order valence-electron chi connectivity index (χ3n) is 1.84. The zero-order chi connectivity index (χ0) is 12.1. The number of aromatic nitrogens is 2. The fourth-order valence-corrected chi connectivity index (χ4v) is 1.75. The van der Waals surface area contributed by atoms with E-state index in [9.17, 15) is 4.79 Å². The number of thioether (sulfide) groups is 1. The lowest BCUT2D eigenvalue weighted by molar-refractivity contribution is -0.118. The van der Waals surface area contributed by atoms with E-state index in [0.29, 0.717) is 29.2 Å². The Morgan fingerprint density at radius 1 is 1.53 bits per heavy atom. The first-order valence-corrected chi connectivity index (χ1v) is 5.99. The van der Waals surface area contributed by atoms with Gasteiger partial charge in [-0.1, -0.05) is 11.8 Å². The summed E-state index contributed by atoms with van der Waals surface area (Å²) in [6.45, 7) is 2.05. The molecule has 0 saturated heterocycles. The molecule has 2 aromatic heterocycles. The SMILES string of the molecule is CC(=O)NCCSc1nnc(-c2ccco2)o1. The molecule has 0 bridgehead atoms. The van der Waals surface area contributed by atoms with Gasteiger partial charge in [0.2, 0.25) is 5.91 Å². The van der Waals surface area contributed by atoms with Crippen LogP contribution in [0.4, 0.5) is 0 Å². The number of carbonyl (C=O) groups excluding carboxylic acids is 1. The molecular formula is C10H11N3O3S. The largest absolute Gasteiger partial charge is 0.459 e. The van der Waals surface area contributed by atoms with Gasteiger partial charge in [0.1, 0.15) is 0 Å². The molecule has 0 spiro atoms. The van der Waals surface area contributed by atoms with Gasteiger partial charge in [0.05, 0.1) is 6.26 Å². The van der Waals surface area contributed by atoms with Gasteiger partial charge >= 0.3 is 0 Å². The van der Waals surface area contributed by atoms with Crippen molar-refractivity contribution < 1.29 is 13.6 Å². The smallest absolute Gasteiger partial charge is 0.284 e. The topological polar surface area (TPSA) is 81.2 Å². The molecular weight excluding hydrogens is 242 g/mol. The number of hydrogen-bond donors (Lipinski definition) is 1. The van der Waals surface area contributed by atoms with Crippen LogP contribution in [0.2, 0.25) is 0 Å². The average Bonchev–Trinajstić information content (AvgIpc) is 2.94. The maximum atomic E-state index is 10.6. The van der Waals surface area contributed by atoms with Crippen molar-refractivity contribution in [2.45, 2.75) is 12.1 Å². The molecule has 17 heavy (non-hydrogen) atoms. The van der Waals surface area contributed by atoms with E-state index < -0.39 is 0 Å². The highest BCUT2D eigenvalue weighted by Gasteiger charge is 2.10. The molecule has 0 aliphatic rings. The van der Waals surface area contributed by atoms with Crippen molar-refractivity contribution >= 4 is 17.7 Å². The van der Waals surface area contributed by atoms with Gasteiger partial charge < -0.3 is 14.2 Å². The number of carbonyl (C=O) groups is 1. The fourth-order valence-electron chi connectivity index (χ4n) is 1.13. The van der Waals surface area contributed by atoms with Crippen LogP contribution in [-0.2, 0) is 4.79 Å². The van der Waals surface area contributed by atoms with Crippen molar-refractivity contribution in [2.24, 2.45) is 0 Å². The Kier molecular flexibility index (Phi) is 3.81. The minimum absolute atomic E-state index is 0.0487. The van der Waals surface area contributed by atoms with Crippen molar-refractivity contribution in [1.29, 1.82) is 0 Å². The average molecular weight is 253 g/mol. The van der Waals surface area contributed by atoms with Crippen LogP contribution in [0.1, 0.15) is 6.92 Å². The normalized spacial score (nSPS) is 10.4. The molecule has 1 amide bonds. The predicted octanol–water partition coefficient (Wildman–Crippen LogP) is 1.56. The van der Waals surface area contributed by atoms with Crippen LogP contribution in [0.5, 0.6) is 0 Å². The van der Waals surface area contributed by atoms with E-state index in [-0.39, 0.29) is 5.91 Å². The summed E-state index contributed by atoms with van der Waals surface area (Å²) >= 11 is 1.38. The number of hydrogen-bond acceptors (Lipinski definition) is 6. The van der Waals surface area contributed by atoms with E-state index >= 15 is 0 Å². The molecule has 2 rings (SSSR count). The lowest BCUT2D eigenvalue weighted by atomic mass is 10.5. The fraction of sp³-hybridized carbons (Fsp3) is 0.300. The highest BCUT2D eigenvalue weighted by molar-refractivity contribution is 7.99. The van der Waals surface area contributed by atoms with Crippen LogP contribution in [-0.4, -0.2) is 28.4 Å². The van der Waals surface area contributed by atoms with Crippen LogP contribution < -0.4 is 5.32 Å². The summed E-state index contributed by atoms with van der Waals surface area (Å²) in [5.74, 6) is 1.54. The van der Waals surface area contributed by atoms with E-state index in [4.69, 9.17) is 8.83 Å². The van der Waals surface area contributed by atoms with Gasteiger partial charge in [-0.3, -0.25) is 4.79 Å². The standard InChI is InChI=1S/C10H11N3O3S/c1-7(14)11-4-6-17-10-13-12-9(16-10)8-3-2-5-15-8/h2-3,5H,4,6H2,1H3,(H,11,14). The molecule has 0 radical (unpaired) electrons. The Morgan fingerprint density at radius 3 is 3.12 bits per heavy atom. The van der Waals surface area contributed by atoms with Gasteiger partial charge in [-0.15, -0.1) is 10.2 Å². The van der Waals surface area contributed by atoms with Gasteiger partial charge in [0, 0.05) is 19.2 Å². The number of nitrogens with zero attached hydrogens (tertiary/aromatic N) is 2. The molecule has 0 unspecified atom stereocenters. The minimum atomic E-state index is -0.0487. The molecule has 0 aromatic carbocycles. The molecule has 2 aromatic rings. The zero-order valence-electron chi connectivity index (χ0n) is 9.17. The van der Waals surface area contributed by atoms with Crippen molar-refractivity contribution in [3.8, 4) is 11.7 Å². The number of rotatable bonds is 5. The Morgan fingerprint density at radius 2 is 2.41 bits per heavy atom. The lowest BCUT2D eigenvalue weighted by Crippen LogP contribution is -2.22. The molecule has 6 nitrogen and oxygen atoms in total. The molecule has 0 aliphatic heterocycles. The highest BCUT2D eigenvalue weighted by Crippen LogP contribution is 2.22. The molecule has 0 saturated carbocycles. The van der Waals surface area contributed by atoms with Gasteiger partial charge in [-0.25, -0.2) is 0 Å². The maximum absolute atomic E-state index is 10.6. The first-order valence-electron chi connectivity index (χ1n) is 5.00. The van der Waals surface area contributed by atoms with Crippen LogP contribution in [0.3, 0.4) is 0 Å². The lowest BCUT2D eigenvalue weighted by Gasteiger charge is -1.97.